The summed E-state index contributed by atoms with van der Waals surface area (Å²) < 4.78 is 18.6. The fraction of sp³-hybridized carbons (Fsp3) is 0.304. The van der Waals surface area contributed by atoms with Gasteiger partial charge in [-0.2, -0.15) is 0 Å². The van der Waals surface area contributed by atoms with Crippen LogP contribution in [0.25, 0.3) is 22.0 Å². The Morgan fingerprint density at radius 3 is 2.80 bits per heavy atom. The minimum Gasteiger partial charge on any atom is -0.451 e. The number of nitrogens with one attached hydrogen (secondary N) is 1. The number of nitrogens with zero attached hydrogens (tertiary/aromatic N) is 2. The second kappa shape index (κ2) is 9.11. The Kier molecular flexibility index (Phi) is 6.11. The summed E-state index contributed by atoms with van der Waals surface area (Å²) in [7, 11) is 1.60. The Balaban J connectivity index is 1.66. The molecule has 4 rings (SSSR count). The number of imidazole rings is 1. The molecule has 1 N–H and O–H groups in total. The SMILES string of the molecule is CCOCCCn1c(NC(=O)c2oc3ccccc3c2COC)nc2ccccc21. The van der Waals surface area contributed by atoms with E-state index in [0.717, 1.165) is 28.4 Å². The topological polar surface area (TPSA) is 78.5 Å². The van der Waals surface area contributed by atoms with Gasteiger partial charge in [0.1, 0.15) is 5.58 Å². The van der Waals surface area contributed by atoms with E-state index in [1.54, 1.807) is 7.11 Å². The standard InChI is InChI=1S/C23H25N3O4/c1-3-29-14-8-13-26-19-11-6-5-10-18(19)24-23(26)25-22(27)21-17(15-28-2)16-9-4-7-12-20(16)30-21/h4-7,9-12H,3,8,13-15H2,1-2H3,(H,24,25,27). The number of anilines is 1. The Morgan fingerprint density at radius 1 is 1.17 bits per heavy atom. The molecule has 0 atom stereocenters. The molecule has 156 valence electrons. The van der Waals surface area contributed by atoms with Crippen molar-refractivity contribution in [2.24, 2.45) is 0 Å². The van der Waals surface area contributed by atoms with E-state index in [-0.39, 0.29) is 18.3 Å². The molecule has 4 aromatic rings. The molecule has 0 aliphatic carbocycles. The maximum atomic E-state index is 13.1. The maximum absolute atomic E-state index is 13.1. The number of benzene rings is 2. The van der Waals surface area contributed by atoms with Crippen LogP contribution in [0.15, 0.2) is 52.9 Å². The normalized spacial score (nSPS) is 11.4. The monoisotopic (exact) mass is 407 g/mol. The summed E-state index contributed by atoms with van der Waals surface area (Å²) >= 11 is 0. The first kappa shape index (κ1) is 20.1. The van der Waals surface area contributed by atoms with E-state index in [2.05, 4.69) is 10.3 Å². The molecule has 2 aromatic heterocycles. The number of furan rings is 1. The molecule has 0 bridgehead atoms. The van der Waals surface area contributed by atoms with E-state index in [4.69, 9.17) is 13.9 Å². The van der Waals surface area contributed by atoms with Crippen LogP contribution >= 0.6 is 0 Å². The summed E-state index contributed by atoms with van der Waals surface area (Å²) in [5.74, 6) is 0.382. The van der Waals surface area contributed by atoms with Gasteiger partial charge in [0.05, 0.1) is 17.6 Å². The number of hydrogen-bond donors (Lipinski definition) is 1. The van der Waals surface area contributed by atoms with Gasteiger partial charge in [-0.1, -0.05) is 30.3 Å². The van der Waals surface area contributed by atoms with Crippen molar-refractivity contribution in [3.8, 4) is 0 Å². The molecule has 0 fully saturated rings. The fourth-order valence-corrected chi connectivity index (χ4v) is 3.59. The van der Waals surface area contributed by atoms with Crippen molar-refractivity contribution in [1.29, 1.82) is 0 Å². The van der Waals surface area contributed by atoms with E-state index in [9.17, 15) is 4.79 Å². The number of amides is 1. The van der Waals surface area contributed by atoms with Gasteiger partial charge in [-0.05, 0) is 31.5 Å². The number of carbonyl (C=O) groups is 1. The molecule has 30 heavy (non-hydrogen) atoms. The Morgan fingerprint density at radius 2 is 1.97 bits per heavy atom. The Labute approximate surface area is 174 Å². The molecular formula is C23H25N3O4. The average Bonchev–Trinajstić information content (AvgIpc) is 3.30. The van der Waals surface area contributed by atoms with E-state index in [1.165, 1.54) is 0 Å². The smallest absolute Gasteiger partial charge is 0.294 e. The van der Waals surface area contributed by atoms with Crippen molar-refractivity contribution in [3.63, 3.8) is 0 Å². The van der Waals surface area contributed by atoms with E-state index < -0.39 is 0 Å². The zero-order chi connectivity index (χ0) is 20.9. The first-order chi connectivity index (χ1) is 14.7. The summed E-state index contributed by atoms with van der Waals surface area (Å²) in [5.41, 5.74) is 3.17. The first-order valence-electron chi connectivity index (χ1n) is 10.1. The van der Waals surface area contributed by atoms with Crippen molar-refractivity contribution in [2.75, 3.05) is 25.6 Å². The van der Waals surface area contributed by atoms with Gasteiger partial charge in [-0.15, -0.1) is 0 Å². The summed E-state index contributed by atoms with van der Waals surface area (Å²) in [5, 5.41) is 3.81. The van der Waals surface area contributed by atoms with Crippen molar-refractivity contribution in [1.82, 2.24) is 9.55 Å². The summed E-state index contributed by atoms with van der Waals surface area (Å²) in [6.45, 7) is 4.27. The molecule has 2 heterocycles. The number of ether oxygens (including phenoxy) is 2. The van der Waals surface area contributed by atoms with Gasteiger partial charge in [-0.3, -0.25) is 10.1 Å². The molecule has 0 saturated carbocycles. The lowest BCUT2D eigenvalue weighted by Crippen LogP contribution is -2.17. The molecule has 7 nitrogen and oxygen atoms in total. The lowest BCUT2D eigenvalue weighted by atomic mass is 10.1. The van der Waals surface area contributed by atoms with Gasteiger partial charge in [0, 0.05) is 37.8 Å². The lowest BCUT2D eigenvalue weighted by Gasteiger charge is -2.10. The van der Waals surface area contributed by atoms with Gasteiger partial charge in [-0.25, -0.2) is 4.98 Å². The van der Waals surface area contributed by atoms with Crippen LogP contribution in [-0.4, -0.2) is 35.8 Å². The van der Waals surface area contributed by atoms with Gasteiger partial charge in [0.15, 0.2) is 5.76 Å². The summed E-state index contributed by atoms with van der Waals surface area (Å²) in [6.07, 6.45) is 0.816. The van der Waals surface area contributed by atoms with Crippen LogP contribution < -0.4 is 5.32 Å². The highest BCUT2D eigenvalue weighted by atomic mass is 16.5. The van der Waals surface area contributed by atoms with Crippen LogP contribution in [0.1, 0.15) is 29.5 Å². The van der Waals surface area contributed by atoms with Crippen LogP contribution in [0.2, 0.25) is 0 Å². The zero-order valence-corrected chi connectivity index (χ0v) is 17.2. The molecule has 0 aliphatic rings. The molecule has 0 aliphatic heterocycles. The number of para-hydroxylation sites is 3. The Hall–Kier alpha value is -3.16. The number of carbonyl (C=O) groups excluding carboxylic acids is 1. The first-order valence-corrected chi connectivity index (χ1v) is 10.1. The minimum absolute atomic E-state index is 0.242. The zero-order valence-electron chi connectivity index (χ0n) is 17.2. The third-order valence-electron chi connectivity index (χ3n) is 4.95. The average molecular weight is 407 g/mol. The molecule has 0 radical (unpaired) electrons. The number of hydrogen-bond acceptors (Lipinski definition) is 5. The maximum Gasteiger partial charge on any atom is 0.294 e. The van der Waals surface area contributed by atoms with Crippen LogP contribution in [0.3, 0.4) is 0 Å². The van der Waals surface area contributed by atoms with Crippen molar-refractivity contribution in [2.45, 2.75) is 26.5 Å². The largest absolute Gasteiger partial charge is 0.451 e. The van der Waals surface area contributed by atoms with Crippen molar-refractivity contribution < 1.29 is 18.7 Å². The molecule has 0 unspecified atom stereocenters. The lowest BCUT2D eigenvalue weighted by molar-refractivity contribution is 0.0990. The molecule has 0 spiro atoms. The number of methoxy groups -OCH3 is 1. The van der Waals surface area contributed by atoms with E-state index >= 15 is 0 Å². The van der Waals surface area contributed by atoms with E-state index in [1.807, 2.05) is 60.0 Å². The van der Waals surface area contributed by atoms with Crippen molar-refractivity contribution >= 4 is 33.9 Å². The van der Waals surface area contributed by atoms with Crippen LogP contribution in [0, 0.1) is 0 Å². The molecular weight excluding hydrogens is 382 g/mol. The predicted octanol–water partition coefficient (Wildman–Crippen LogP) is 4.61. The number of rotatable bonds is 9. The molecule has 2 aromatic carbocycles. The number of aromatic nitrogens is 2. The van der Waals surface area contributed by atoms with Gasteiger partial charge in [0.2, 0.25) is 5.95 Å². The third kappa shape index (κ3) is 3.94. The predicted molar refractivity (Wildman–Crippen MR) is 116 cm³/mol. The van der Waals surface area contributed by atoms with E-state index in [0.29, 0.717) is 31.3 Å². The second-order valence-electron chi connectivity index (χ2n) is 6.92. The van der Waals surface area contributed by atoms with Gasteiger partial charge in [0.25, 0.3) is 5.91 Å². The highest BCUT2D eigenvalue weighted by Gasteiger charge is 2.22. The second-order valence-corrected chi connectivity index (χ2v) is 6.92. The number of fused-ring (bicyclic) bond motifs is 2. The molecule has 0 saturated heterocycles. The number of aryl methyl sites for hydroxylation is 1. The Bertz CT molecular complexity index is 1160. The fourth-order valence-electron chi connectivity index (χ4n) is 3.59. The summed E-state index contributed by atoms with van der Waals surface area (Å²) in [6, 6.07) is 15.4. The van der Waals surface area contributed by atoms with Crippen LogP contribution in [-0.2, 0) is 22.6 Å². The van der Waals surface area contributed by atoms with Crippen LogP contribution in [0.5, 0.6) is 0 Å². The van der Waals surface area contributed by atoms with Crippen LogP contribution in [0.4, 0.5) is 5.95 Å². The van der Waals surface area contributed by atoms with Gasteiger partial charge >= 0.3 is 0 Å². The van der Waals surface area contributed by atoms with Gasteiger partial charge < -0.3 is 18.5 Å². The third-order valence-corrected chi connectivity index (χ3v) is 4.95. The quantitative estimate of drug-likeness (QED) is 0.410. The highest BCUT2D eigenvalue weighted by Crippen LogP contribution is 2.28. The molecule has 1 amide bonds. The molecule has 7 heteroatoms. The minimum atomic E-state index is -0.348. The summed E-state index contributed by atoms with van der Waals surface area (Å²) in [4.78, 5) is 17.8. The van der Waals surface area contributed by atoms with Crippen molar-refractivity contribution in [3.05, 3.63) is 59.9 Å². The highest BCUT2D eigenvalue weighted by molar-refractivity contribution is 6.06.